The average molecular weight is 817 g/mol. The van der Waals surface area contributed by atoms with E-state index < -0.39 is 0 Å². The molecule has 0 atom stereocenters. The number of benzene rings is 9. The van der Waals surface area contributed by atoms with Gasteiger partial charge in [0.05, 0.1) is 45.1 Å². The molecule has 0 bridgehead atoms. The first-order chi connectivity index (χ1) is 31.7. The third-order valence-corrected chi connectivity index (χ3v) is 12.2. The van der Waals surface area contributed by atoms with Crippen LogP contribution in [0.4, 0.5) is 0 Å². The molecule has 0 aliphatic rings. The van der Waals surface area contributed by atoms with Crippen molar-refractivity contribution in [3.8, 4) is 73.9 Å². The second kappa shape index (κ2) is 15.2. The third kappa shape index (κ3) is 6.14. The Labute approximate surface area is 369 Å². The number of para-hydroxylation sites is 4. The number of nitrogens with zero attached hydrogens (tertiary/aromatic N) is 6. The van der Waals surface area contributed by atoms with E-state index in [-0.39, 0.29) is 0 Å². The van der Waals surface area contributed by atoms with Crippen molar-refractivity contribution in [2.45, 2.75) is 0 Å². The summed E-state index contributed by atoms with van der Waals surface area (Å²) in [5.74, 6) is 1.56. The lowest BCUT2D eigenvalue weighted by Crippen LogP contribution is -2.04. The van der Waals surface area contributed by atoms with Gasteiger partial charge >= 0.3 is 0 Å². The molecule has 6 nitrogen and oxygen atoms in total. The van der Waals surface area contributed by atoms with Crippen molar-refractivity contribution in [2.24, 2.45) is 0 Å². The highest BCUT2D eigenvalue weighted by Crippen LogP contribution is 2.42. The summed E-state index contributed by atoms with van der Waals surface area (Å²) in [6.45, 7) is 0. The van der Waals surface area contributed by atoms with E-state index in [1.807, 2.05) is 36.4 Å². The molecule has 0 N–H and O–H groups in total. The van der Waals surface area contributed by atoms with Gasteiger partial charge in [-0.15, -0.1) is 0 Å². The molecular weight excluding hydrogens is 781 g/mol. The highest BCUT2D eigenvalue weighted by atomic mass is 15.1. The molecule has 0 saturated carbocycles. The van der Waals surface area contributed by atoms with Crippen LogP contribution < -0.4 is 0 Å². The van der Waals surface area contributed by atoms with Gasteiger partial charge in [0, 0.05) is 43.8 Å². The zero-order chi connectivity index (χ0) is 42.6. The Hall–Kier alpha value is -8.92. The van der Waals surface area contributed by atoms with Gasteiger partial charge in [0.2, 0.25) is 0 Å². The topological polar surface area (TPSA) is 72.3 Å². The van der Waals surface area contributed by atoms with Crippen LogP contribution in [-0.4, -0.2) is 24.1 Å². The number of aromatic nitrogens is 5. The first-order valence-electron chi connectivity index (χ1n) is 21.3. The molecule has 6 heteroatoms. The summed E-state index contributed by atoms with van der Waals surface area (Å²) in [6, 6.07) is 78.2. The van der Waals surface area contributed by atoms with Crippen molar-refractivity contribution >= 4 is 43.6 Å². The van der Waals surface area contributed by atoms with Crippen LogP contribution in [0.15, 0.2) is 218 Å². The summed E-state index contributed by atoms with van der Waals surface area (Å²) in [7, 11) is 0. The Morgan fingerprint density at radius 1 is 0.328 bits per heavy atom. The predicted octanol–water partition coefficient (Wildman–Crippen LogP) is 14.3. The lowest BCUT2D eigenvalue weighted by molar-refractivity contribution is 1.07. The van der Waals surface area contributed by atoms with E-state index in [0.717, 1.165) is 83.2 Å². The molecule has 298 valence electrons. The van der Waals surface area contributed by atoms with Gasteiger partial charge in [-0.25, -0.2) is 15.0 Å². The minimum atomic E-state index is 0.489. The molecule has 64 heavy (non-hydrogen) atoms. The second-order valence-electron chi connectivity index (χ2n) is 15.9. The highest BCUT2D eigenvalue weighted by molar-refractivity contribution is 6.15. The smallest absolute Gasteiger partial charge is 0.164 e. The van der Waals surface area contributed by atoms with E-state index in [1.165, 1.54) is 10.8 Å². The van der Waals surface area contributed by atoms with Crippen LogP contribution in [-0.2, 0) is 0 Å². The predicted molar refractivity (Wildman–Crippen MR) is 260 cm³/mol. The quantitative estimate of drug-likeness (QED) is 0.161. The lowest BCUT2D eigenvalue weighted by atomic mass is 10.0. The molecule has 12 rings (SSSR count). The first-order valence-corrected chi connectivity index (χ1v) is 21.3. The zero-order valence-corrected chi connectivity index (χ0v) is 34.5. The van der Waals surface area contributed by atoms with E-state index in [2.05, 4.69) is 191 Å². The van der Waals surface area contributed by atoms with Gasteiger partial charge in [-0.2, -0.15) is 5.26 Å². The number of hydrogen-bond donors (Lipinski definition) is 0. The molecule has 12 aromatic rings. The average Bonchev–Trinajstić information content (AvgIpc) is 3.90. The van der Waals surface area contributed by atoms with Crippen LogP contribution in [0.3, 0.4) is 0 Å². The van der Waals surface area contributed by atoms with Crippen molar-refractivity contribution in [3.05, 3.63) is 224 Å². The Kier molecular flexibility index (Phi) is 8.77. The van der Waals surface area contributed by atoms with Crippen molar-refractivity contribution in [1.29, 1.82) is 5.26 Å². The van der Waals surface area contributed by atoms with Crippen LogP contribution in [0.5, 0.6) is 0 Å². The van der Waals surface area contributed by atoms with Crippen molar-refractivity contribution in [3.63, 3.8) is 0 Å². The van der Waals surface area contributed by atoms with E-state index >= 15 is 0 Å². The Morgan fingerprint density at radius 3 is 1.42 bits per heavy atom. The minimum absolute atomic E-state index is 0.489. The summed E-state index contributed by atoms with van der Waals surface area (Å²) in [5, 5.41) is 14.6. The summed E-state index contributed by atoms with van der Waals surface area (Å²) in [5.41, 5.74) is 13.9. The third-order valence-electron chi connectivity index (χ3n) is 12.2. The molecule has 0 saturated heterocycles. The second-order valence-corrected chi connectivity index (χ2v) is 15.9. The molecule has 0 spiro atoms. The molecule has 0 aliphatic carbocycles. The van der Waals surface area contributed by atoms with E-state index in [1.54, 1.807) is 6.07 Å². The molecule has 0 fully saturated rings. The fourth-order valence-electron chi connectivity index (χ4n) is 9.26. The van der Waals surface area contributed by atoms with Gasteiger partial charge in [-0.3, -0.25) is 0 Å². The van der Waals surface area contributed by atoms with Gasteiger partial charge < -0.3 is 9.13 Å². The largest absolute Gasteiger partial charge is 0.307 e. The maximum absolute atomic E-state index is 9.86. The molecule has 0 amide bonds. The summed E-state index contributed by atoms with van der Waals surface area (Å²) >= 11 is 0. The Morgan fingerprint density at radius 2 is 0.781 bits per heavy atom. The monoisotopic (exact) mass is 816 g/mol. The van der Waals surface area contributed by atoms with Crippen molar-refractivity contribution < 1.29 is 0 Å². The number of rotatable bonds is 7. The molecule has 0 unspecified atom stereocenters. The maximum Gasteiger partial charge on any atom is 0.164 e. The van der Waals surface area contributed by atoms with Gasteiger partial charge in [0.25, 0.3) is 0 Å². The van der Waals surface area contributed by atoms with Crippen LogP contribution in [0, 0.1) is 11.3 Å². The zero-order valence-electron chi connectivity index (χ0n) is 34.5. The SMILES string of the molecule is N#Cc1cccc(-c2nc(-c3ccc(-c4ccccc4)cc3)nc(-c3ccc(-c4ccccc4)c(-n4c5ccccc5c5cccc(-n6c7ccccc7c7ccccc76)c54)c3)n2)c1. The van der Waals surface area contributed by atoms with Gasteiger partial charge in [-0.05, 0) is 59.2 Å². The summed E-state index contributed by atoms with van der Waals surface area (Å²) in [4.78, 5) is 15.4. The lowest BCUT2D eigenvalue weighted by Gasteiger charge is -2.18. The molecule has 3 aromatic heterocycles. The molecule has 9 aromatic carbocycles. The normalized spacial score (nSPS) is 11.4. The highest BCUT2D eigenvalue weighted by Gasteiger charge is 2.23. The summed E-state index contributed by atoms with van der Waals surface area (Å²) < 4.78 is 4.84. The van der Waals surface area contributed by atoms with Crippen LogP contribution >= 0.6 is 0 Å². The number of hydrogen-bond acceptors (Lipinski definition) is 4. The van der Waals surface area contributed by atoms with E-state index in [9.17, 15) is 5.26 Å². The van der Waals surface area contributed by atoms with E-state index in [0.29, 0.717) is 23.0 Å². The first kappa shape index (κ1) is 36.9. The minimum Gasteiger partial charge on any atom is -0.307 e. The molecule has 3 heterocycles. The number of nitriles is 1. The molecular formula is C58H36N6. The fraction of sp³-hybridized carbons (Fsp3) is 0. The van der Waals surface area contributed by atoms with Crippen molar-refractivity contribution in [1.82, 2.24) is 24.1 Å². The summed E-state index contributed by atoms with van der Waals surface area (Å²) in [6.07, 6.45) is 0. The Bertz CT molecular complexity index is 3730. The van der Waals surface area contributed by atoms with Gasteiger partial charge in [0.1, 0.15) is 0 Å². The van der Waals surface area contributed by atoms with Crippen LogP contribution in [0.2, 0.25) is 0 Å². The van der Waals surface area contributed by atoms with Crippen LogP contribution in [0.1, 0.15) is 5.56 Å². The maximum atomic E-state index is 9.86. The fourth-order valence-corrected chi connectivity index (χ4v) is 9.26. The van der Waals surface area contributed by atoms with E-state index in [4.69, 9.17) is 15.0 Å². The van der Waals surface area contributed by atoms with Gasteiger partial charge in [0.15, 0.2) is 17.5 Å². The molecule has 0 aliphatic heterocycles. The standard InChI is InChI=1S/C58H36N6/c59-37-38-15-13-20-43(35-38)57-60-56(42-31-29-40(30-32-42)39-16-3-1-4-17-39)61-58(62-57)44-33-34-45(41-18-5-2-6-19-41)54(36-44)64-52-27-12-9-23-48(52)49-24-14-28-53(55(49)64)63-50-25-10-7-21-46(50)47-22-8-11-26-51(47)63/h1-36H. The molecule has 0 radical (unpaired) electrons. The Balaban J connectivity index is 1.13. The van der Waals surface area contributed by atoms with Gasteiger partial charge in [-0.1, -0.05) is 176 Å². The number of fused-ring (bicyclic) bond motifs is 6. The van der Waals surface area contributed by atoms with Crippen molar-refractivity contribution in [2.75, 3.05) is 0 Å². The van der Waals surface area contributed by atoms with Crippen LogP contribution in [0.25, 0.3) is 111 Å².